The van der Waals surface area contributed by atoms with E-state index in [1.165, 1.54) is 22.7 Å². The smallest absolute Gasteiger partial charge is 0.291 e. The van der Waals surface area contributed by atoms with Gasteiger partial charge in [0.05, 0.1) is 14.1 Å². The molecule has 5 rings (SSSR count). The molecule has 2 fully saturated rings. The lowest BCUT2D eigenvalue weighted by molar-refractivity contribution is 0.240. The Hall–Kier alpha value is -1.60. The summed E-state index contributed by atoms with van der Waals surface area (Å²) in [6, 6.07) is 12.5. The van der Waals surface area contributed by atoms with Crippen LogP contribution >= 0.6 is 82.0 Å². The van der Waals surface area contributed by atoms with Gasteiger partial charge in [0.25, 0.3) is 10.5 Å². The van der Waals surface area contributed by atoms with Crippen molar-refractivity contribution in [1.29, 1.82) is 0 Å². The Morgan fingerprint density at radius 1 is 0.714 bits per heavy atom. The topological polar surface area (TPSA) is 40.6 Å². The Bertz CT molecular complexity index is 1420. The molecule has 35 heavy (non-hydrogen) atoms. The van der Waals surface area contributed by atoms with Crippen LogP contribution in [0, 0.1) is 0 Å². The minimum Gasteiger partial charge on any atom is -0.301 e. The maximum atomic E-state index is 12.2. The monoisotopic (exact) mass is 592 g/mol. The Balaban J connectivity index is 1.41. The van der Waals surface area contributed by atoms with E-state index in [0.717, 1.165) is 52.8 Å². The summed E-state index contributed by atoms with van der Waals surface area (Å²) in [6.45, 7) is 4.71. The lowest BCUT2D eigenvalue weighted by atomic mass is 10.3. The van der Waals surface area contributed by atoms with Crippen LogP contribution in [0.25, 0.3) is 31.6 Å². The van der Waals surface area contributed by atoms with Crippen molar-refractivity contribution in [2.45, 2.75) is 13.8 Å². The van der Waals surface area contributed by atoms with E-state index >= 15 is 0 Å². The zero-order valence-corrected chi connectivity index (χ0v) is 24.2. The summed E-state index contributed by atoms with van der Waals surface area (Å²) in [5.74, 6) is 0. The average molecular weight is 593 g/mol. The van der Waals surface area contributed by atoms with Gasteiger partial charge in [0, 0.05) is 42.4 Å². The number of hydrogen-bond acceptors (Lipinski definition) is 9. The molecule has 0 spiro atoms. The fourth-order valence-electron chi connectivity index (χ4n) is 3.49. The van der Waals surface area contributed by atoms with E-state index in [1.807, 2.05) is 38.1 Å². The van der Waals surface area contributed by atoms with E-state index in [1.54, 1.807) is 21.1 Å². The zero-order chi connectivity index (χ0) is 26.4. The number of thiocarbonyl (C=S) groups is 2. The van der Waals surface area contributed by atoms with E-state index in [2.05, 4.69) is 12.1 Å². The molecule has 2 aliphatic heterocycles. The van der Waals surface area contributed by atoms with Gasteiger partial charge in [0.15, 0.2) is 0 Å². The van der Waals surface area contributed by atoms with Crippen LogP contribution in [0.3, 0.4) is 0 Å². The fraction of sp³-hybridized carbons (Fsp3) is 0.167. The molecule has 0 unspecified atom stereocenters. The first-order chi connectivity index (χ1) is 17.7. The van der Waals surface area contributed by atoms with Crippen LogP contribution in [0.1, 0.15) is 26.3 Å². The molecule has 2 saturated heterocycles. The molecule has 0 saturated carbocycles. The third-order valence-corrected chi connectivity index (χ3v) is 11.1. The summed E-state index contributed by atoms with van der Waals surface area (Å²) < 4.78 is 18.3. The van der Waals surface area contributed by atoms with Crippen molar-refractivity contribution in [3.05, 3.63) is 57.5 Å². The van der Waals surface area contributed by atoms with Gasteiger partial charge in [0.1, 0.15) is 8.39 Å². The lowest BCUT2D eigenvalue weighted by Gasteiger charge is -2.12. The molecule has 3 aromatic rings. The number of thioether (sulfide) groups is 2. The van der Waals surface area contributed by atoms with Gasteiger partial charge >= 0.3 is 0 Å². The molecule has 0 atom stereocenters. The summed E-state index contributed by atoms with van der Waals surface area (Å²) in [5, 5.41) is -0.257. The van der Waals surface area contributed by atoms with E-state index < -0.39 is 0 Å². The van der Waals surface area contributed by atoms with Crippen molar-refractivity contribution in [3.8, 4) is 19.5 Å². The van der Waals surface area contributed by atoms with Gasteiger partial charge in [-0.25, -0.2) is 0 Å². The van der Waals surface area contributed by atoms with Crippen LogP contribution in [0.2, 0.25) is 0 Å². The number of hydrogen-bond donors (Lipinski definition) is 0. The molecule has 178 valence electrons. The molecule has 3 aromatic heterocycles. The standard InChI is InChI=1S/C24H18N2O2S7/c1-3-25-15(21(29)34-23(25)27)11-13-5-7-17(31-13)19-9-10-20(33-19)18-8-6-14(32-18)12-16-22(30)35-24(28)26(16)4-2/h5-12H,3-4H2,1-2H3/b15-11-,16-12+/i11D,12D. The predicted octanol–water partition coefficient (Wildman–Crippen LogP) is 8.92. The Morgan fingerprint density at radius 3 is 1.49 bits per heavy atom. The highest BCUT2D eigenvalue weighted by Crippen LogP contribution is 2.42. The fourth-order valence-corrected chi connectivity index (χ4v) is 8.73. The van der Waals surface area contributed by atoms with Crippen molar-refractivity contribution >= 4 is 113 Å². The highest BCUT2D eigenvalue weighted by molar-refractivity contribution is 8.34. The highest BCUT2D eigenvalue weighted by Gasteiger charge is 2.31. The first-order valence-corrected chi connectivity index (χ1v) is 15.4. The summed E-state index contributed by atoms with van der Waals surface area (Å²) in [6.07, 6.45) is 0. The minimum absolute atomic E-state index is 0.128. The van der Waals surface area contributed by atoms with E-state index in [0.29, 0.717) is 32.9 Å². The van der Waals surface area contributed by atoms with Gasteiger partial charge in [-0.05, 0) is 85.9 Å². The largest absolute Gasteiger partial charge is 0.301 e. The normalized spacial score (nSPS) is 20.2. The molecule has 0 aliphatic carbocycles. The molecule has 11 heteroatoms. The van der Waals surface area contributed by atoms with Crippen molar-refractivity contribution in [2.75, 3.05) is 13.1 Å². The maximum absolute atomic E-state index is 12.2. The van der Waals surface area contributed by atoms with Crippen LogP contribution in [0.5, 0.6) is 0 Å². The van der Waals surface area contributed by atoms with Gasteiger partial charge < -0.3 is 9.80 Å². The first-order valence-electron chi connectivity index (χ1n) is 11.5. The summed E-state index contributed by atoms with van der Waals surface area (Å²) in [4.78, 5) is 33.2. The van der Waals surface area contributed by atoms with Gasteiger partial charge in [-0.2, -0.15) is 0 Å². The van der Waals surface area contributed by atoms with Gasteiger partial charge in [-0.1, -0.05) is 24.4 Å². The predicted molar refractivity (Wildman–Crippen MR) is 163 cm³/mol. The molecule has 2 amide bonds. The van der Waals surface area contributed by atoms with E-state index in [4.69, 9.17) is 27.2 Å². The number of nitrogens with zero attached hydrogens (tertiary/aromatic N) is 2. The minimum atomic E-state index is -0.128. The van der Waals surface area contributed by atoms with Gasteiger partial charge in [-0.3, -0.25) is 9.59 Å². The molecule has 2 aliphatic rings. The van der Waals surface area contributed by atoms with Crippen molar-refractivity contribution < 1.29 is 12.3 Å². The molecule has 0 radical (unpaired) electrons. The second-order valence-corrected chi connectivity index (χ2v) is 13.7. The molecular formula is C24H18N2O2S7. The van der Waals surface area contributed by atoms with Gasteiger partial charge in [-0.15, -0.1) is 34.0 Å². The second kappa shape index (κ2) is 10.4. The average Bonchev–Trinajstić information content (AvgIpc) is 3.67. The highest BCUT2D eigenvalue weighted by atomic mass is 32.2. The number of rotatable bonds is 6. The van der Waals surface area contributed by atoms with Crippen LogP contribution in [0.4, 0.5) is 9.59 Å². The maximum Gasteiger partial charge on any atom is 0.291 e. The van der Waals surface area contributed by atoms with Crippen LogP contribution in [-0.4, -0.2) is 41.8 Å². The molecule has 4 nitrogen and oxygen atoms in total. The SMILES string of the molecule is [2H]/C(=C1\C(=S)SC(=O)N1CC)c1ccc(-c2ccc(-c3ccc(/C([2H])=C4\C(=S)SC(=O)N4CC)s3)s2)s1. The summed E-state index contributed by atoms with van der Waals surface area (Å²) in [7, 11) is 0. The number of carbonyl (C=O) groups excluding carboxylic acids is 2. The van der Waals surface area contributed by atoms with Crippen molar-refractivity contribution in [3.63, 3.8) is 0 Å². The summed E-state index contributed by atoms with van der Waals surface area (Å²) in [5.41, 5.74) is 1.03. The molecule has 0 bridgehead atoms. The van der Waals surface area contributed by atoms with E-state index in [-0.39, 0.29) is 22.6 Å². The first kappa shape index (κ1) is 22.6. The van der Waals surface area contributed by atoms with Crippen LogP contribution < -0.4 is 0 Å². The Kier molecular flexibility index (Phi) is 6.72. The second-order valence-electron chi connectivity index (χ2n) is 7.24. The zero-order valence-electron chi connectivity index (χ0n) is 20.4. The third-order valence-electron chi connectivity index (χ3n) is 5.15. The van der Waals surface area contributed by atoms with Crippen LogP contribution in [0.15, 0.2) is 47.8 Å². The molecule has 0 N–H and O–H groups in total. The molecular weight excluding hydrogens is 573 g/mol. The van der Waals surface area contributed by atoms with Crippen LogP contribution in [-0.2, 0) is 0 Å². The molecule has 5 heterocycles. The number of amides is 2. The number of thiophene rings is 3. The molecule has 0 aromatic carbocycles. The third kappa shape index (κ3) is 5.00. The Morgan fingerprint density at radius 2 is 1.09 bits per heavy atom. The van der Waals surface area contributed by atoms with Crippen molar-refractivity contribution in [1.82, 2.24) is 9.80 Å². The van der Waals surface area contributed by atoms with Crippen molar-refractivity contribution in [2.24, 2.45) is 0 Å². The van der Waals surface area contributed by atoms with E-state index in [9.17, 15) is 9.59 Å². The van der Waals surface area contributed by atoms with Gasteiger partial charge in [0.2, 0.25) is 0 Å². The quantitative estimate of drug-likeness (QED) is 0.210. The summed E-state index contributed by atoms with van der Waals surface area (Å²) >= 11 is 17.4. The number of carbonyl (C=O) groups is 2. The lowest BCUT2D eigenvalue weighted by Crippen LogP contribution is -2.21. The Labute approximate surface area is 237 Å².